The fourth-order valence-corrected chi connectivity index (χ4v) is 3.69. The molecule has 0 bridgehead atoms. The Bertz CT molecular complexity index is 450. The molecule has 0 aliphatic heterocycles. The first-order chi connectivity index (χ1) is 8.25. The lowest BCUT2D eigenvalue weighted by atomic mass is 9.85. The minimum atomic E-state index is 0.149. The van der Waals surface area contributed by atoms with Crippen molar-refractivity contribution >= 4 is 51.4 Å². The van der Waals surface area contributed by atoms with Crippen molar-refractivity contribution in [3.8, 4) is 5.75 Å². The zero-order valence-electron chi connectivity index (χ0n) is 11.2. The van der Waals surface area contributed by atoms with Gasteiger partial charge in [-0.1, -0.05) is 27.7 Å². The Morgan fingerprint density at radius 1 is 1.33 bits per heavy atom. The molecule has 0 aromatic heterocycles. The highest BCUT2D eigenvalue weighted by Crippen LogP contribution is 2.28. The molecule has 0 saturated carbocycles. The summed E-state index contributed by atoms with van der Waals surface area (Å²) < 4.78 is 1.98. The van der Waals surface area contributed by atoms with Crippen LogP contribution in [0.1, 0.15) is 39.7 Å². The molecule has 4 heteroatoms. The Morgan fingerprint density at radius 3 is 2.44 bits per heavy atom. The average molecular weight is 471 g/mol. The van der Waals surface area contributed by atoms with E-state index in [0.29, 0.717) is 5.75 Å². The molecule has 0 radical (unpaired) electrons. The summed E-state index contributed by atoms with van der Waals surface area (Å²) in [6.45, 7) is 8.72. The van der Waals surface area contributed by atoms with E-state index in [9.17, 15) is 5.11 Å². The molecular formula is C14H19I2NO. The summed E-state index contributed by atoms with van der Waals surface area (Å²) in [4.78, 5) is 4.64. The van der Waals surface area contributed by atoms with Crippen molar-refractivity contribution in [2.75, 3.05) is 0 Å². The largest absolute Gasteiger partial charge is 0.506 e. The van der Waals surface area contributed by atoms with Crippen LogP contribution in [0.4, 0.5) is 0 Å². The molecule has 0 heterocycles. The number of phenolic OH excluding ortho intramolecular Hbond substituents is 1. The summed E-state index contributed by atoms with van der Waals surface area (Å²) in [5.41, 5.74) is 0.949. The van der Waals surface area contributed by atoms with Crippen molar-refractivity contribution in [2.45, 2.75) is 40.2 Å². The number of nitrogens with zero attached hydrogens (tertiary/aromatic N) is 1. The number of benzene rings is 1. The van der Waals surface area contributed by atoms with Crippen molar-refractivity contribution < 1.29 is 5.11 Å². The van der Waals surface area contributed by atoms with Gasteiger partial charge in [-0.25, -0.2) is 0 Å². The number of phenols is 1. The van der Waals surface area contributed by atoms with Gasteiger partial charge in [0, 0.05) is 15.3 Å². The molecule has 0 fully saturated rings. The molecule has 1 rings (SSSR count). The van der Waals surface area contributed by atoms with Crippen molar-refractivity contribution in [3.05, 3.63) is 24.8 Å². The molecule has 18 heavy (non-hydrogen) atoms. The lowest BCUT2D eigenvalue weighted by molar-refractivity contribution is 0.316. The van der Waals surface area contributed by atoms with Crippen LogP contribution < -0.4 is 0 Å². The second-order valence-corrected chi connectivity index (χ2v) is 7.80. The Kier molecular flexibility index (Phi) is 5.89. The predicted octanol–water partition coefficient (Wildman–Crippen LogP) is 4.85. The molecule has 0 aliphatic rings. The summed E-state index contributed by atoms with van der Waals surface area (Å²) in [5, 5.41) is 10.0. The molecule has 1 atom stereocenters. The number of hydrogen-bond acceptors (Lipinski definition) is 2. The summed E-state index contributed by atoms with van der Waals surface area (Å²) in [7, 11) is 0. The van der Waals surface area contributed by atoms with E-state index in [0.717, 1.165) is 19.1 Å². The number of aliphatic imine (C=N–C) groups is 1. The minimum absolute atomic E-state index is 0.149. The third-order valence-electron chi connectivity index (χ3n) is 2.84. The highest BCUT2D eigenvalue weighted by Gasteiger charge is 2.21. The predicted molar refractivity (Wildman–Crippen MR) is 94.7 cm³/mol. The molecule has 2 nitrogen and oxygen atoms in total. The Balaban J connectivity index is 3.04. The highest BCUT2D eigenvalue weighted by atomic mass is 127. The summed E-state index contributed by atoms with van der Waals surface area (Å²) in [5.74, 6) is 0.323. The van der Waals surface area contributed by atoms with Crippen molar-refractivity contribution in [2.24, 2.45) is 10.4 Å². The first-order valence-electron chi connectivity index (χ1n) is 5.97. The fraction of sp³-hybridized carbons (Fsp3) is 0.500. The summed E-state index contributed by atoms with van der Waals surface area (Å²) >= 11 is 4.39. The third-order valence-corrected chi connectivity index (χ3v) is 4.28. The van der Waals surface area contributed by atoms with Gasteiger partial charge in [-0.2, -0.15) is 0 Å². The topological polar surface area (TPSA) is 32.6 Å². The molecular weight excluding hydrogens is 452 g/mol. The van der Waals surface area contributed by atoms with Crippen LogP contribution in [0.15, 0.2) is 17.1 Å². The molecule has 0 saturated heterocycles. The van der Waals surface area contributed by atoms with E-state index in [-0.39, 0.29) is 11.5 Å². The number of hydrogen-bond donors (Lipinski definition) is 1. The van der Waals surface area contributed by atoms with Gasteiger partial charge in [-0.15, -0.1) is 0 Å². The van der Waals surface area contributed by atoms with Gasteiger partial charge < -0.3 is 5.11 Å². The lowest BCUT2D eigenvalue weighted by Gasteiger charge is -2.26. The van der Waals surface area contributed by atoms with Crippen LogP contribution in [0.3, 0.4) is 0 Å². The van der Waals surface area contributed by atoms with E-state index in [1.54, 1.807) is 6.21 Å². The molecule has 1 unspecified atom stereocenters. The molecule has 0 aliphatic carbocycles. The quantitative estimate of drug-likeness (QED) is 0.497. The second-order valence-electron chi connectivity index (χ2n) is 5.39. The van der Waals surface area contributed by atoms with Crippen LogP contribution in [0.2, 0.25) is 0 Å². The van der Waals surface area contributed by atoms with E-state index in [1.807, 2.05) is 12.1 Å². The zero-order valence-corrected chi connectivity index (χ0v) is 15.5. The van der Waals surface area contributed by atoms with Gasteiger partial charge in [0.1, 0.15) is 5.75 Å². The van der Waals surface area contributed by atoms with E-state index in [4.69, 9.17) is 0 Å². The summed E-state index contributed by atoms with van der Waals surface area (Å²) in [6, 6.07) is 4.18. The van der Waals surface area contributed by atoms with Crippen LogP contribution in [0.5, 0.6) is 5.75 Å². The lowest BCUT2D eigenvalue weighted by Crippen LogP contribution is -2.23. The van der Waals surface area contributed by atoms with Gasteiger partial charge in [-0.05, 0) is 69.2 Å². The standard InChI is InChI=1S/C14H19I2NO/c1-5-12(14(2,3)4)17-8-9-6-10(15)7-11(16)13(9)18/h6-8,12,18H,5H2,1-4H3/b17-8+. The van der Waals surface area contributed by atoms with Crippen LogP contribution in [-0.4, -0.2) is 17.4 Å². The Labute approximate surface area is 137 Å². The SMILES string of the molecule is CCC(/N=C/c1cc(I)cc(I)c1O)C(C)(C)C. The fourth-order valence-electron chi connectivity index (χ4n) is 1.80. The summed E-state index contributed by atoms with van der Waals surface area (Å²) in [6.07, 6.45) is 2.81. The molecule has 0 spiro atoms. The average Bonchev–Trinajstić information content (AvgIpc) is 2.23. The highest BCUT2D eigenvalue weighted by molar-refractivity contribution is 14.1. The van der Waals surface area contributed by atoms with E-state index < -0.39 is 0 Å². The Morgan fingerprint density at radius 2 is 1.94 bits per heavy atom. The third kappa shape index (κ3) is 4.36. The number of rotatable bonds is 3. The molecule has 1 N–H and O–H groups in total. The van der Waals surface area contributed by atoms with Crippen molar-refractivity contribution in [1.82, 2.24) is 0 Å². The van der Waals surface area contributed by atoms with Crippen LogP contribution in [0, 0.1) is 12.6 Å². The minimum Gasteiger partial charge on any atom is -0.506 e. The van der Waals surface area contributed by atoms with E-state index >= 15 is 0 Å². The van der Waals surface area contributed by atoms with Crippen LogP contribution >= 0.6 is 45.2 Å². The molecule has 0 amide bonds. The van der Waals surface area contributed by atoms with Gasteiger partial charge in [0.05, 0.1) is 9.61 Å². The van der Waals surface area contributed by atoms with Gasteiger partial charge in [0.25, 0.3) is 0 Å². The van der Waals surface area contributed by atoms with E-state index in [1.165, 1.54) is 0 Å². The second kappa shape index (κ2) is 6.54. The van der Waals surface area contributed by atoms with Gasteiger partial charge in [0.15, 0.2) is 0 Å². The monoisotopic (exact) mass is 471 g/mol. The Hall–Kier alpha value is 0.150. The first kappa shape index (κ1) is 16.2. The van der Waals surface area contributed by atoms with Crippen molar-refractivity contribution in [1.29, 1.82) is 0 Å². The zero-order chi connectivity index (χ0) is 13.9. The van der Waals surface area contributed by atoms with Gasteiger partial charge >= 0.3 is 0 Å². The first-order valence-corrected chi connectivity index (χ1v) is 8.12. The normalized spacial score (nSPS) is 14.1. The van der Waals surface area contributed by atoms with Crippen molar-refractivity contribution in [3.63, 3.8) is 0 Å². The smallest absolute Gasteiger partial charge is 0.137 e. The maximum Gasteiger partial charge on any atom is 0.137 e. The molecule has 1 aromatic carbocycles. The maximum absolute atomic E-state index is 10.0. The molecule has 100 valence electrons. The van der Waals surface area contributed by atoms with E-state index in [2.05, 4.69) is 77.9 Å². The van der Waals surface area contributed by atoms with Crippen LogP contribution in [-0.2, 0) is 0 Å². The van der Waals surface area contributed by atoms with Crippen LogP contribution in [0.25, 0.3) is 0 Å². The number of halogens is 2. The van der Waals surface area contributed by atoms with Gasteiger partial charge in [0.2, 0.25) is 0 Å². The number of aromatic hydroxyl groups is 1. The maximum atomic E-state index is 10.0. The van der Waals surface area contributed by atoms with Gasteiger partial charge in [-0.3, -0.25) is 4.99 Å². The molecule has 1 aromatic rings.